The first kappa shape index (κ1) is 19.0. The van der Waals surface area contributed by atoms with Crippen LogP contribution in [0.3, 0.4) is 0 Å². The van der Waals surface area contributed by atoms with Crippen molar-refractivity contribution in [3.05, 3.63) is 12.2 Å². The molecule has 3 rings (SSSR count). The second kappa shape index (κ2) is 7.84. The van der Waals surface area contributed by atoms with Crippen molar-refractivity contribution in [2.45, 2.75) is 63.1 Å². The molecule has 1 aromatic heterocycles. The van der Waals surface area contributed by atoms with E-state index >= 15 is 0 Å². The zero-order valence-electron chi connectivity index (χ0n) is 15.0. The number of carbonyl (C=O) groups is 1. The van der Waals surface area contributed by atoms with Crippen LogP contribution in [0.5, 0.6) is 0 Å². The van der Waals surface area contributed by atoms with Crippen LogP contribution in [-0.4, -0.2) is 51.0 Å². The number of aryl methyl sites for hydroxylation is 1. The molecular weight excluding hydrogens is 347 g/mol. The van der Waals surface area contributed by atoms with Crippen molar-refractivity contribution in [2.24, 2.45) is 13.0 Å². The van der Waals surface area contributed by atoms with E-state index in [0.717, 1.165) is 31.5 Å². The van der Waals surface area contributed by atoms with Crippen LogP contribution in [0.2, 0.25) is 0 Å². The number of piperidine rings is 1. The van der Waals surface area contributed by atoms with Crippen LogP contribution < -0.4 is 5.32 Å². The number of amides is 2. The van der Waals surface area contributed by atoms with Crippen molar-refractivity contribution in [1.29, 1.82) is 0 Å². The number of carbonyl (C=O) groups excluding carboxylic acids is 1. The fraction of sp³-hybridized carbons (Fsp3) is 0.824. The van der Waals surface area contributed by atoms with Crippen molar-refractivity contribution in [1.82, 2.24) is 25.0 Å². The Bertz CT molecular complexity index is 610. The van der Waals surface area contributed by atoms with Crippen LogP contribution in [-0.2, 0) is 7.05 Å². The van der Waals surface area contributed by atoms with E-state index in [9.17, 15) is 18.0 Å². The number of urea groups is 1. The Hall–Kier alpha value is -1.80. The molecule has 1 aromatic rings. The Balaban J connectivity index is 1.52. The molecule has 0 unspecified atom stereocenters. The van der Waals surface area contributed by atoms with Gasteiger partial charge in [-0.1, -0.05) is 12.8 Å². The number of aromatic nitrogens is 3. The number of halogens is 3. The molecular formula is C17H26F3N5O. The number of hydrogen-bond donors (Lipinski definition) is 1. The van der Waals surface area contributed by atoms with E-state index in [-0.39, 0.29) is 18.0 Å². The number of nitrogens with one attached hydrogen (secondary N) is 1. The molecule has 0 spiro atoms. The average molecular weight is 373 g/mol. The summed E-state index contributed by atoms with van der Waals surface area (Å²) >= 11 is 0. The second-order valence-electron chi connectivity index (χ2n) is 7.48. The average Bonchev–Trinajstić information content (AvgIpc) is 3.01. The van der Waals surface area contributed by atoms with Gasteiger partial charge in [0, 0.05) is 38.5 Å². The van der Waals surface area contributed by atoms with E-state index in [4.69, 9.17) is 0 Å². The molecule has 2 heterocycles. The highest BCUT2D eigenvalue weighted by atomic mass is 19.4. The zero-order chi connectivity index (χ0) is 18.7. The number of rotatable bonds is 3. The summed E-state index contributed by atoms with van der Waals surface area (Å²) in [5, 5.41) is 10.9. The Labute approximate surface area is 151 Å². The minimum absolute atomic E-state index is 0.236. The predicted molar refractivity (Wildman–Crippen MR) is 89.5 cm³/mol. The summed E-state index contributed by atoms with van der Waals surface area (Å²) in [5.74, 6) is 0.672. The molecule has 1 N–H and O–H groups in total. The summed E-state index contributed by atoms with van der Waals surface area (Å²) in [6.45, 7) is 1.17. The largest absolute Gasteiger partial charge is 0.389 e. The third-order valence-electron chi connectivity index (χ3n) is 5.61. The fourth-order valence-corrected chi connectivity index (χ4v) is 4.19. The normalized spacial score (nSPS) is 25.3. The smallest absolute Gasteiger partial charge is 0.335 e. The van der Waals surface area contributed by atoms with Gasteiger partial charge in [0.1, 0.15) is 12.2 Å². The van der Waals surface area contributed by atoms with Crippen LogP contribution in [0.4, 0.5) is 18.0 Å². The van der Waals surface area contributed by atoms with Gasteiger partial charge in [-0.2, -0.15) is 13.2 Å². The zero-order valence-corrected chi connectivity index (χ0v) is 15.0. The topological polar surface area (TPSA) is 63.1 Å². The van der Waals surface area contributed by atoms with Gasteiger partial charge >= 0.3 is 12.2 Å². The summed E-state index contributed by atoms with van der Waals surface area (Å²) in [7, 11) is 1.90. The predicted octanol–water partition coefficient (Wildman–Crippen LogP) is 3.22. The molecule has 1 saturated carbocycles. The summed E-state index contributed by atoms with van der Waals surface area (Å²) in [4.78, 5) is 14.3. The first-order valence-electron chi connectivity index (χ1n) is 9.29. The first-order chi connectivity index (χ1) is 12.3. The monoisotopic (exact) mass is 373 g/mol. The van der Waals surface area contributed by atoms with Gasteiger partial charge in [0.05, 0.1) is 0 Å². The Morgan fingerprint density at radius 1 is 1.23 bits per heavy atom. The van der Waals surface area contributed by atoms with Gasteiger partial charge in [0.25, 0.3) is 0 Å². The minimum Gasteiger partial charge on any atom is -0.335 e. The molecule has 9 heteroatoms. The molecule has 0 bridgehead atoms. The fourth-order valence-electron chi connectivity index (χ4n) is 4.19. The van der Waals surface area contributed by atoms with Gasteiger partial charge in [-0.15, -0.1) is 10.2 Å². The van der Waals surface area contributed by atoms with Crippen LogP contribution >= 0.6 is 0 Å². The quantitative estimate of drug-likeness (QED) is 0.885. The molecule has 26 heavy (non-hydrogen) atoms. The van der Waals surface area contributed by atoms with E-state index in [1.54, 1.807) is 11.2 Å². The maximum atomic E-state index is 12.8. The molecule has 1 saturated heterocycles. The van der Waals surface area contributed by atoms with E-state index in [1.807, 2.05) is 11.6 Å². The maximum absolute atomic E-state index is 12.8. The van der Waals surface area contributed by atoms with E-state index < -0.39 is 18.5 Å². The van der Waals surface area contributed by atoms with Gasteiger partial charge in [-0.3, -0.25) is 0 Å². The first-order valence-corrected chi connectivity index (χ1v) is 9.29. The minimum atomic E-state index is -4.18. The molecule has 146 valence electrons. The molecule has 2 amide bonds. The molecule has 0 aromatic carbocycles. The number of alkyl halides is 3. The van der Waals surface area contributed by atoms with E-state index in [1.165, 1.54) is 0 Å². The lowest BCUT2D eigenvalue weighted by atomic mass is 9.82. The van der Waals surface area contributed by atoms with Crippen LogP contribution in [0.15, 0.2) is 6.33 Å². The van der Waals surface area contributed by atoms with Crippen LogP contribution in [0.25, 0.3) is 0 Å². The Morgan fingerprint density at radius 2 is 1.92 bits per heavy atom. The second-order valence-corrected chi connectivity index (χ2v) is 7.48. The standard InChI is InChI=1S/C17H26F3N5O/c1-24-11-21-23-15(24)12-6-8-25(9-7-12)16(26)22-14-5-3-2-4-13(14)10-17(18,19)20/h11-14H,2-10H2,1H3,(H,22,26)/t13-,14-/m0/s1. The lowest BCUT2D eigenvalue weighted by molar-refractivity contribution is -0.148. The third-order valence-corrected chi connectivity index (χ3v) is 5.61. The molecule has 0 radical (unpaired) electrons. The molecule has 1 aliphatic heterocycles. The Kier molecular flexibility index (Phi) is 5.72. The van der Waals surface area contributed by atoms with Crippen molar-refractivity contribution >= 4 is 6.03 Å². The highest BCUT2D eigenvalue weighted by Gasteiger charge is 2.38. The number of likely N-dealkylation sites (tertiary alicyclic amines) is 1. The van der Waals surface area contributed by atoms with E-state index in [0.29, 0.717) is 25.9 Å². The SMILES string of the molecule is Cn1cnnc1C1CCN(C(=O)N[C@H]2CCCC[C@H]2CC(F)(F)F)CC1. The highest BCUT2D eigenvalue weighted by Crippen LogP contribution is 2.34. The van der Waals surface area contributed by atoms with Gasteiger partial charge in [0.2, 0.25) is 0 Å². The summed E-state index contributed by atoms with van der Waals surface area (Å²) < 4.78 is 40.2. The van der Waals surface area contributed by atoms with Crippen molar-refractivity contribution < 1.29 is 18.0 Å². The van der Waals surface area contributed by atoms with Crippen LogP contribution in [0, 0.1) is 5.92 Å². The molecule has 1 aliphatic carbocycles. The van der Waals surface area contributed by atoms with Gasteiger partial charge in [0.15, 0.2) is 0 Å². The summed E-state index contributed by atoms with van der Waals surface area (Å²) in [5.41, 5.74) is 0. The van der Waals surface area contributed by atoms with Crippen LogP contribution in [0.1, 0.15) is 56.7 Å². The van der Waals surface area contributed by atoms with Gasteiger partial charge in [-0.05, 0) is 31.6 Å². The summed E-state index contributed by atoms with van der Waals surface area (Å²) in [6, 6.07) is -0.616. The molecule has 2 aliphatic rings. The summed E-state index contributed by atoms with van der Waals surface area (Å²) in [6.07, 6.45) is 1.07. The van der Waals surface area contributed by atoms with E-state index in [2.05, 4.69) is 15.5 Å². The maximum Gasteiger partial charge on any atom is 0.389 e. The highest BCUT2D eigenvalue weighted by molar-refractivity contribution is 5.74. The van der Waals surface area contributed by atoms with Crippen molar-refractivity contribution in [3.63, 3.8) is 0 Å². The van der Waals surface area contributed by atoms with Crippen molar-refractivity contribution in [3.8, 4) is 0 Å². The Morgan fingerprint density at radius 3 is 2.54 bits per heavy atom. The molecule has 2 fully saturated rings. The number of nitrogens with zero attached hydrogens (tertiary/aromatic N) is 4. The molecule has 6 nitrogen and oxygen atoms in total. The number of hydrogen-bond acceptors (Lipinski definition) is 3. The van der Waals surface area contributed by atoms with Crippen molar-refractivity contribution in [2.75, 3.05) is 13.1 Å². The van der Waals surface area contributed by atoms with Gasteiger partial charge in [-0.25, -0.2) is 4.79 Å². The molecule has 2 atom stereocenters. The third kappa shape index (κ3) is 4.67. The lowest BCUT2D eigenvalue weighted by Gasteiger charge is -2.36. The van der Waals surface area contributed by atoms with Gasteiger partial charge < -0.3 is 14.8 Å². The lowest BCUT2D eigenvalue weighted by Crippen LogP contribution is -2.51.